The third kappa shape index (κ3) is 3.96. The number of nitrogens with zero attached hydrogens (tertiary/aromatic N) is 5. The fraction of sp³-hybridized carbons (Fsp3) is 0.364. The van der Waals surface area contributed by atoms with Crippen LogP contribution in [-0.4, -0.2) is 36.0 Å². The Labute approximate surface area is 186 Å². The number of nitrogens with one attached hydrogen (secondary N) is 2. The van der Waals surface area contributed by atoms with Gasteiger partial charge in [-0.3, -0.25) is 10.2 Å². The Hall–Kier alpha value is -4.02. The maximum Gasteiger partial charge on any atom is 0.211 e. The zero-order valence-electron chi connectivity index (χ0n) is 17.9. The van der Waals surface area contributed by atoms with Gasteiger partial charge in [0.25, 0.3) is 0 Å². The number of likely N-dealkylation sites (tertiary alicyclic amines) is 1. The first-order chi connectivity index (χ1) is 15.5. The molecule has 32 heavy (non-hydrogen) atoms. The lowest BCUT2D eigenvalue weighted by atomic mass is 9.93. The van der Waals surface area contributed by atoms with Crippen molar-refractivity contribution in [1.82, 2.24) is 15.2 Å². The van der Waals surface area contributed by atoms with Crippen molar-refractivity contribution in [1.29, 1.82) is 10.5 Å². The van der Waals surface area contributed by atoms with Crippen molar-refractivity contribution < 1.29 is 4.74 Å². The molecule has 0 spiro atoms. The maximum atomic E-state index is 9.50. The van der Waals surface area contributed by atoms with Crippen molar-refractivity contribution in [2.24, 2.45) is 4.99 Å². The number of benzene rings is 1. The van der Waals surface area contributed by atoms with Crippen molar-refractivity contribution in [2.45, 2.75) is 31.8 Å². The number of ether oxygens (including phenoxy) is 1. The second-order valence-corrected chi connectivity index (χ2v) is 7.81. The first kappa shape index (κ1) is 21.2. The van der Waals surface area contributed by atoms with Gasteiger partial charge in [-0.25, -0.2) is 9.98 Å². The topological polar surface area (TPSA) is 161 Å². The van der Waals surface area contributed by atoms with Gasteiger partial charge in [0.1, 0.15) is 35.1 Å². The monoisotopic (exact) mass is 431 g/mol. The van der Waals surface area contributed by atoms with Gasteiger partial charge in [0.05, 0.1) is 12.8 Å². The van der Waals surface area contributed by atoms with E-state index >= 15 is 0 Å². The number of guanidine groups is 1. The number of nitriles is 2. The van der Waals surface area contributed by atoms with E-state index in [1.54, 1.807) is 7.11 Å². The zero-order chi connectivity index (χ0) is 22.7. The normalized spacial score (nSPS) is 17.8. The second kappa shape index (κ2) is 9.00. The van der Waals surface area contributed by atoms with Crippen LogP contribution in [0.1, 0.15) is 47.6 Å². The van der Waals surface area contributed by atoms with E-state index in [1.165, 1.54) is 19.3 Å². The van der Waals surface area contributed by atoms with Crippen LogP contribution in [0.25, 0.3) is 0 Å². The minimum atomic E-state index is -0.576. The number of hydrogen-bond acceptors (Lipinski definition) is 10. The Kier molecular flexibility index (Phi) is 5.97. The number of hydrogen-bond donors (Lipinski definition) is 4. The fourth-order valence-electron chi connectivity index (χ4n) is 4.27. The SMILES string of the molecule is COc1ccc(C2N=C(NC#N)Nc3nc(N)c(C#N)c(N)c32)cc1CN1CCCCC1. The summed E-state index contributed by atoms with van der Waals surface area (Å²) < 4.78 is 5.61. The van der Waals surface area contributed by atoms with E-state index in [2.05, 4.69) is 25.5 Å². The molecule has 2 aromatic rings. The summed E-state index contributed by atoms with van der Waals surface area (Å²) in [5, 5.41) is 24.1. The molecule has 0 saturated carbocycles. The standard InChI is InChI=1S/C22H25N9O/c1-32-16-6-5-13(9-14(16)11-31-7-3-2-4-8-31)19-17-18(25)15(10-23)20(26)29-21(17)30-22(28-19)27-12-24/h5-6,9,19H,2-4,7-8,11H2,1H3,(H6,25,26,27,28,29,30). The number of methoxy groups -OCH3 is 1. The van der Waals surface area contributed by atoms with Crippen LogP contribution in [0.2, 0.25) is 0 Å². The highest BCUT2D eigenvalue weighted by Crippen LogP contribution is 2.41. The number of aliphatic imine (C=N–C) groups is 1. The molecule has 0 bridgehead atoms. The lowest BCUT2D eigenvalue weighted by molar-refractivity contribution is 0.218. The molecule has 0 aliphatic carbocycles. The summed E-state index contributed by atoms with van der Waals surface area (Å²) >= 11 is 0. The van der Waals surface area contributed by atoms with E-state index in [0.29, 0.717) is 11.4 Å². The molecule has 10 heteroatoms. The van der Waals surface area contributed by atoms with Gasteiger partial charge >= 0.3 is 0 Å². The lowest BCUT2D eigenvalue weighted by Gasteiger charge is -2.29. The van der Waals surface area contributed by atoms with Gasteiger partial charge in [-0.1, -0.05) is 12.5 Å². The van der Waals surface area contributed by atoms with Crippen molar-refractivity contribution in [2.75, 3.05) is 37.0 Å². The van der Waals surface area contributed by atoms with Crippen LogP contribution in [0.4, 0.5) is 17.3 Å². The molecule has 164 valence electrons. The fourth-order valence-corrected chi connectivity index (χ4v) is 4.27. The van der Waals surface area contributed by atoms with Crippen LogP contribution in [-0.2, 0) is 6.54 Å². The number of piperidine rings is 1. The number of nitrogen functional groups attached to an aromatic ring is 2. The van der Waals surface area contributed by atoms with Crippen molar-refractivity contribution >= 4 is 23.3 Å². The summed E-state index contributed by atoms with van der Waals surface area (Å²) in [6.45, 7) is 2.88. The van der Waals surface area contributed by atoms with Crippen LogP contribution in [0, 0.1) is 22.8 Å². The minimum Gasteiger partial charge on any atom is -0.496 e. The molecule has 3 heterocycles. The van der Waals surface area contributed by atoms with Gasteiger partial charge in [-0.05, 0) is 43.6 Å². The maximum absolute atomic E-state index is 9.50. The van der Waals surface area contributed by atoms with Crippen molar-refractivity contribution in [3.63, 3.8) is 0 Å². The summed E-state index contributed by atoms with van der Waals surface area (Å²) in [6, 6.07) is 7.31. The van der Waals surface area contributed by atoms with Crippen LogP contribution >= 0.6 is 0 Å². The molecule has 6 N–H and O–H groups in total. The van der Waals surface area contributed by atoms with Gasteiger partial charge in [-0.15, -0.1) is 0 Å². The Balaban J connectivity index is 1.80. The predicted molar refractivity (Wildman–Crippen MR) is 122 cm³/mol. The predicted octanol–water partition coefficient (Wildman–Crippen LogP) is 2.05. The molecule has 1 saturated heterocycles. The first-order valence-electron chi connectivity index (χ1n) is 10.4. The number of aromatic nitrogens is 1. The quantitative estimate of drug-likeness (QED) is 0.419. The van der Waals surface area contributed by atoms with Gasteiger partial charge in [0, 0.05) is 17.7 Å². The molecule has 10 nitrogen and oxygen atoms in total. The molecule has 1 unspecified atom stereocenters. The summed E-state index contributed by atoms with van der Waals surface area (Å²) in [5.74, 6) is 1.42. The number of rotatable bonds is 4. The Bertz CT molecular complexity index is 1140. The number of nitrogens with two attached hydrogens (primary N) is 2. The molecule has 2 aliphatic rings. The molecule has 0 radical (unpaired) electrons. The lowest BCUT2D eigenvalue weighted by Crippen LogP contribution is -2.33. The zero-order valence-corrected chi connectivity index (χ0v) is 17.9. The summed E-state index contributed by atoms with van der Waals surface area (Å²) in [7, 11) is 1.66. The second-order valence-electron chi connectivity index (χ2n) is 7.81. The first-order valence-corrected chi connectivity index (χ1v) is 10.4. The molecular formula is C22H25N9O. The molecule has 1 aromatic heterocycles. The molecule has 4 rings (SSSR count). The van der Waals surface area contributed by atoms with Crippen molar-refractivity contribution in [3.8, 4) is 18.0 Å². The van der Waals surface area contributed by atoms with E-state index in [-0.39, 0.29) is 23.0 Å². The molecular weight excluding hydrogens is 406 g/mol. The molecule has 1 fully saturated rings. The van der Waals surface area contributed by atoms with E-state index < -0.39 is 6.04 Å². The Morgan fingerprint density at radius 1 is 1.25 bits per heavy atom. The minimum absolute atomic E-state index is 0.0220. The van der Waals surface area contributed by atoms with Gasteiger partial charge in [0.2, 0.25) is 5.96 Å². The summed E-state index contributed by atoms with van der Waals surface area (Å²) in [5.41, 5.74) is 15.0. The van der Waals surface area contributed by atoms with E-state index in [1.807, 2.05) is 30.5 Å². The molecule has 1 atom stereocenters. The highest BCUT2D eigenvalue weighted by molar-refractivity contribution is 5.98. The third-order valence-corrected chi connectivity index (χ3v) is 5.82. The highest BCUT2D eigenvalue weighted by Gasteiger charge is 2.30. The van der Waals surface area contributed by atoms with E-state index in [9.17, 15) is 5.26 Å². The van der Waals surface area contributed by atoms with E-state index in [0.717, 1.165) is 36.5 Å². The van der Waals surface area contributed by atoms with Crippen molar-refractivity contribution in [3.05, 3.63) is 40.5 Å². The van der Waals surface area contributed by atoms with Gasteiger partial charge in [0.15, 0.2) is 6.19 Å². The third-order valence-electron chi connectivity index (χ3n) is 5.82. The number of anilines is 3. The number of pyridine rings is 1. The van der Waals surface area contributed by atoms with Crippen LogP contribution in [0.15, 0.2) is 23.2 Å². The van der Waals surface area contributed by atoms with Crippen LogP contribution in [0.3, 0.4) is 0 Å². The highest BCUT2D eigenvalue weighted by atomic mass is 16.5. The Morgan fingerprint density at radius 3 is 2.72 bits per heavy atom. The molecule has 2 aliphatic heterocycles. The summed E-state index contributed by atoms with van der Waals surface area (Å²) in [6.07, 6.45) is 5.51. The molecule has 0 amide bonds. The van der Waals surface area contributed by atoms with Gasteiger partial charge < -0.3 is 21.5 Å². The van der Waals surface area contributed by atoms with Crippen LogP contribution in [0.5, 0.6) is 5.75 Å². The number of fused-ring (bicyclic) bond motifs is 1. The summed E-state index contributed by atoms with van der Waals surface area (Å²) in [4.78, 5) is 11.4. The smallest absolute Gasteiger partial charge is 0.211 e. The average Bonchev–Trinajstić information content (AvgIpc) is 2.79. The van der Waals surface area contributed by atoms with Crippen LogP contribution < -0.4 is 26.8 Å². The average molecular weight is 432 g/mol. The van der Waals surface area contributed by atoms with E-state index in [4.69, 9.17) is 21.5 Å². The largest absolute Gasteiger partial charge is 0.496 e. The molecule has 1 aromatic carbocycles. The Morgan fingerprint density at radius 2 is 2.03 bits per heavy atom. The van der Waals surface area contributed by atoms with Gasteiger partial charge in [-0.2, -0.15) is 10.5 Å².